The third-order valence-corrected chi connectivity index (χ3v) is 10.2. The molecule has 0 aliphatic heterocycles. The van der Waals surface area contributed by atoms with Gasteiger partial charge in [-0.1, -0.05) is 79.6 Å². The van der Waals surface area contributed by atoms with E-state index >= 15 is 0 Å². The molecule has 4 aromatic heterocycles. The van der Waals surface area contributed by atoms with Crippen molar-refractivity contribution >= 4 is 39.0 Å². The van der Waals surface area contributed by atoms with Crippen LogP contribution >= 0.6 is 0 Å². The largest absolute Gasteiger partial charge is 0.348 e. The maximum absolute atomic E-state index is 12.2. The number of carbonyl (C=O) groups is 1. The Labute approximate surface area is 304 Å². The average Bonchev–Trinajstić information content (AvgIpc) is 3.94. The van der Waals surface area contributed by atoms with Crippen LogP contribution in [0, 0.1) is 6.92 Å². The molecule has 8 aromatic rings. The fraction of sp³-hybridized carbons (Fsp3) is 0.214. The number of para-hydroxylation sites is 1. The lowest BCUT2D eigenvalue weighted by molar-refractivity contribution is 0.0827. The van der Waals surface area contributed by atoms with E-state index in [1.54, 1.807) is 33.9 Å². The maximum Gasteiger partial charge on any atom is 0.348 e. The Morgan fingerprint density at radius 2 is 1.40 bits per heavy atom. The summed E-state index contributed by atoms with van der Waals surface area (Å²) in [4.78, 5) is 38.1. The number of hydrogen-bond donors (Lipinski definition) is 3. The Morgan fingerprint density at radius 1 is 0.736 bits per heavy atom. The molecule has 0 unspecified atom stereocenters. The molecule has 53 heavy (non-hydrogen) atoms. The molecule has 9 rings (SSSR count). The van der Waals surface area contributed by atoms with Gasteiger partial charge in [-0.3, -0.25) is 4.79 Å². The SMILES string of the molecule is Cc1cc2n[nH]c(=O)n2c2cc(-c3cccc(C(=O)N(C)C)c3)ccc12.O=c1[nH]nc2cc(-c3ccc(CNC4CCCC4)cc3)c3ccccc3n12. The number of nitrogens with zero attached hydrogens (tertiary/aromatic N) is 5. The molecule has 1 aliphatic rings. The summed E-state index contributed by atoms with van der Waals surface area (Å²) in [5.41, 5.74) is 9.48. The number of fused-ring (bicyclic) bond motifs is 6. The second kappa shape index (κ2) is 14.0. The summed E-state index contributed by atoms with van der Waals surface area (Å²) in [7, 11) is 3.46. The molecule has 0 bridgehead atoms. The highest BCUT2D eigenvalue weighted by atomic mass is 16.2. The first-order valence-electron chi connectivity index (χ1n) is 17.9. The summed E-state index contributed by atoms with van der Waals surface area (Å²) in [6.45, 7) is 2.91. The molecule has 0 radical (unpaired) electrons. The van der Waals surface area contributed by atoms with Crippen molar-refractivity contribution in [1.29, 1.82) is 0 Å². The van der Waals surface area contributed by atoms with E-state index in [0.717, 1.165) is 56.2 Å². The van der Waals surface area contributed by atoms with Crippen LogP contribution in [-0.4, -0.2) is 60.1 Å². The highest BCUT2D eigenvalue weighted by Crippen LogP contribution is 2.30. The number of nitrogens with one attached hydrogen (secondary N) is 3. The monoisotopic (exact) mass is 704 g/mol. The van der Waals surface area contributed by atoms with E-state index in [1.807, 2.05) is 73.7 Å². The van der Waals surface area contributed by atoms with Crippen molar-refractivity contribution in [3.05, 3.63) is 141 Å². The van der Waals surface area contributed by atoms with Crippen molar-refractivity contribution in [2.24, 2.45) is 0 Å². The molecule has 0 saturated heterocycles. The minimum atomic E-state index is -0.265. The van der Waals surface area contributed by atoms with Crippen molar-refractivity contribution in [3.63, 3.8) is 0 Å². The standard InChI is InChI=1S/C22H22N4O.C20H18N4O2/c27-22-25-24-21-13-19(18-7-3-4-8-20(18)26(21)22)16-11-9-15(10-12-16)14-23-17-5-1-2-6-17;1-12-9-18-21-22-20(26)24(18)17-11-14(7-8-16(12)17)13-5-4-6-15(10-13)19(25)23(2)3/h3-4,7-13,17,23H,1-2,5-6,14H2,(H,25,27);4-11H,1-3H3,(H,22,26). The van der Waals surface area contributed by atoms with Crippen LogP contribution in [0.15, 0.2) is 113 Å². The van der Waals surface area contributed by atoms with E-state index in [0.29, 0.717) is 22.9 Å². The predicted molar refractivity (Wildman–Crippen MR) is 209 cm³/mol. The number of aryl methyl sites for hydroxylation is 1. The van der Waals surface area contributed by atoms with Gasteiger partial charge in [0.1, 0.15) is 0 Å². The van der Waals surface area contributed by atoms with Gasteiger partial charge in [-0.15, -0.1) is 0 Å². The number of pyridine rings is 2. The number of carbonyl (C=O) groups excluding carboxylic acids is 1. The third-order valence-electron chi connectivity index (χ3n) is 10.2. The van der Waals surface area contributed by atoms with Crippen LogP contribution in [0.2, 0.25) is 0 Å². The van der Waals surface area contributed by atoms with E-state index in [9.17, 15) is 14.4 Å². The normalized spacial score (nSPS) is 13.2. The fourth-order valence-electron chi connectivity index (χ4n) is 7.40. The Hall–Kier alpha value is -6.33. The molecule has 1 amide bonds. The minimum absolute atomic E-state index is 0.0445. The van der Waals surface area contributed by atoms with Gasteiger partial charge in [0.05, 0.1) is 11.0 Å². The molecule has 11 heteroatoms. The number of benzene rings is 4. The Kier molecular flexibility index (Phi) is 8.93. The molecule has 0 atom stereocenters. The highest BCUT2D eigenvalue weighted by Gasteiger charge is 2.15. The first-order chi connectivity index (χ1) is 25.7. The Morgan fingerprint density at radius 3 is 2.13 bits per heavy atom. The van der Waals surface area contributed by atoms with Crippen LogP contribution in [-0.2, 0) is 6.54 Å². The van der Waals surface area contributed by atoms with Crippen LogP contribution in [0.5, 0.6) is 0 Å². The lowest BCUT2D eigenvalue weighted by Gasteiger charge is -2.13. The summed E-state index contributed by atoms with van der Waals surface area (Å²) in [6.07, 6.45) is 5.30. The topological polar surface area (TPSA) is 133 Å². The van der Waals surface area contributed by atoms with Crippen molar-refractivity contribution < 1.29 is 4.79 Å². The summed E-state index contributed by atoms with van der Waals surface area (Å²) < 4.78 is 3.19. The van der Waals surface area contributed by atoms with Gasteiger partial charge < -0.3 is 10.2 Å². The van der Waals surface area contributed by atoms with Gasteiger partial charge in [0, 0.05) is 43.0 Å². The van der Waals surface area contributed by atoms with E-state index in [1.165, 1.54) is 31.2 Å². The lowest BCUT2D eigenvalue weighted by atomic mass is 10.00. The molecule has 4 heterocycles. The summed E-state index contributed by atoms with van der Waals surface area (Å²) >= 11 is 0. The van der Waals surface area contributed by atoms with Crippen molar-refractivity contribution in [1.82, 2.24) is 39.4 Å². The number of H-pyrrole nitrogens is 2. The zero-order valence-corrected chi connectivity index (χ0v) is 29.9. The van der Waals surface area contributed by atoms with E-state index in [-0.39, 0.29) is 17.3 Å². The Bertz CT molecular complexity index is 2750. The number of aromatic nitrogens is 6. The van der Waals surface area contributed by atoms with Crippen LogP contribution < -0.4 is 16.7 Å². The summed E-state index contributed by atoms with van der Waals surface area (Å²) in [5.74, 6) is -0.0445. The number of aromatic amines is 2. The molecular formula is C42H40N8O3. The molecule has 0 spiro atoms. The van der Waals surface area contributed by atoms with Gasteiger partial charge in [-0.25, -0.2) is 28.6 Å². The molecule has 266 valence electrons. The van der Waals surface area contributed by atoms with Gasteiger partial charge in [-0.2, -0.15) is 10.2 Å². The van der Waals surface area contributed by atoms with Crippen molar-refractivity contribution in [2.75, 3.05) is 14.1 Å². The zero-order chi connectivity index (χ0) is 36.6. The highest BCUT2D eigenvalue weighted by molar-refractivity contribution is 5.97. The third kappa shape index (κ3) is 6.51. The summed E-state index contributed by atoms with van der Waals surface area (Å²) in [6, 6.07) is 34.7. The number of rotatable bonds is 6. The van der Waals surface area contributed by atoms with Crippen LogP contribution in [0.3, 0.4) is 0 Å². The van der Waals surface area contributed by atoms with E-state index in [2.05, 4.69) is 56.0 Å². The minimum Gasteiger partial charge on any atom is -0.345 e. The quantitative estimate of drug-likeness (QED) is 0.176. The molecule has 11 nitrogen and oxygen atoms in total. The maximum atomic E-state index is 12.2. The first-order valence-corrected chi connectivity index (χ1v) is 17.9. The van der Waals surface area contributed by atoms with Gasteiger partial charge in [0.2, 0.25) is 0 Å². The van der Waals surface area contributed by atoms with Gasteiger partial charge in [0.25, 0.3) is 5.91 Å². The molecule has 1 aliphatic carbocycles. The molecular weight excluding hydrogens is 665 g/mol. The fourth-order valence-corrected chi connectivity index (χ4v) is 7.40. The number of hydrogen-bond acceptors (Lipinski definition) is 6. The molecule has 1 saturated carbocycles. The van der Waals surface area contributed by atoms with E-state index < -0.39 is 0 Å². The second-order valence-electron chi connectivity index (χ2n) is 13.9. The smallest absolute Gasteiger partial charge is 0.345 e. The Balaban J connectivity index is 0.000000151. The van der Waals surface area contributed by atoms with Crippen LogP contribution in [0.25, 0.3) is 55.4 Å². The zero-order valence-electron chi connectivity index (χ0n) is 29.9. The molecule has 3 N–H and O–H groups in total. The van der Waals surface area contributed by atoms with Crippen LogP contribution in [0.1, 0.15) is 47.2 Å². The second-order valence-corrected chi connectivity index (χ2v) is 13.9. The van der Waals surface area contributed by atoms with Crippen molar-refractivity contribution in [3.8, 4) is 22.3 Å². The lowest BCUT2D eigenvalue weighted by Crippen LogP contribution is -2.25. The predicted octanol–water partition coefficient (Wildman–Crippen LogP) is 6.73. The van der Waals surface area contributed by atoms with Gasteiger partial charge >= 0.3 is 11.4 Å². The summed E-state index contributed by atoms with van der Waals surface area (Å²) in [5, 5.41) is 19.0. The van der Waals surface area contributed by atoms with E-state index in [4.69, 9.17) is 0 Å². The van der Waals surface area contributed by atoms with Crippen molar-refractivity contribution in [2.45, 2.75) is 45.2 Å². The first kappa shape index (κ1) is 33.8. The molecule has 4 aromatic carbocycles. The molecule has 1 fully saturated rings. The average molecular weight is 705 g/mol. The van der Waals surface area contributed by atoms with Crippen LogP contribution in [0.4, 0.5) is 0 Å². The van der Waals surface area contributed by atoms with Gasteiger partial charge in [0.15, 0.2) is 11.3 Å². The number of amides is 1. The van der Waals surface area contributed by atoms with Gasteiger partial charge in [-0.05, 0) is 89.5 Å².